The van der Waals surface area contributed by atoms with Gasteiger partial charge in [-0.1, -0.05) is 32.4 Å². The van der Waals surface area contributed by atoms with E-state index in [1.54, 1.807) is 12.1 Å². The van der Waals surface area contributed by atoms with Crippen LogP contribution in [0.2, 0.25) is 0 Å². The number of oxazole rings is 1. The van der Waals surface area contributed by atoms with Crippen LogP contribution in [0.5, 0.6) is 0 Å². The van der Waals surface area contributed by atoms with Crippen LogP contribution >= 0.6 is 0 Å². The molecule has 20 heavy (non-hydrogen) atoms. The molecule has 0 aliphatic heterocycles. The monoisotopic (exact) mass is 277 g/mol. The van der Waals surface area contributed by atoms with E-state index in [0.29, 0.717) is 5.69 Å². The average Bonchev–Trinajstić information content (AvgIpc) is 2.77. The Hall–Kier alpha value is -2.17. The molecule has 0 aliphatic rings. The molecule has 0 saturated carbocycles. The first-order chi connectivity index (χ1) is 9.20. The maximum Gasteiger partial charge on any atom is 0.373 e. The predicted octanol–water partition coefficient (Wildman–Crippen LogP) is 3.78. The van der Waals surface area contributed by atoms with Gasteiger partial charge in [-0.25, -0.2) is 14.2 Å². The zero-order chi connectivity index (χ0) is 15.1. The number of benzene rings is 1. The number of nitrogens with zero attached hydrogens (tertiary/aromatic N) is 1. The molecule has 0 radical (unpaired) electrons. The Morgan fingerprint density at radius 3 is 2.50 bits per heavy atom. The molecule has 2 rings (SSSR count). The highest BCUT2D eigenvalue weighted by Gasteiger charge is 2.29. The lowest BCUT2D eigenvalue weighted by Crippen LogP contribution is -2.16. The Morgan fingerprint density at radius 1 is 1.35 bits per heavy atom. The number of carbonyl (C=O) groups is 1. The van der Waals surface area contributed by atoms with E-state index in [4.69, 9.17) is 4.42 Å². The van der Waals surface area contributed by atoms with Crippen molar-refractivity contribution in [3.05, 3.63) is 41.0 Å². The Bertz CT molecular complexity index is 668. The van der Waals surface area contributed by atoms with Gasteiger partial charge in [0, 0.05) is 5.41 Å². The second kappa shape index (κ2) is 4.74. The van der Waals surface area contributed by atoms with Gasteiger partial charge in [0.05, 0.1) is 5.56 Å². The first kappa shape index (κ1) is 14.2. The van der Waals surface area contributed by atoms with Gasteiger partial charge in [0.1, 0.15) is 11.5 Å². The maximum atomic E-state index is 13.8. The number of hydrogen-bond acceptors (Lipinski definition) is 3. The SMILES string of the molecule is Cc1ccc(F)c(-c2nc(C(C)(C)C)c(C(=O)O)o2)c1. The van der Waals surface area contributed by atoms with Crippen LogP contribution in [0.15, 0.2) is 22.6 Å². The number of carboxylic acids is 1. The largest absolute Gasteiger partial charge is 0.475 e. The fourth-order valence-corrected chi connectivity index (χ4v) is 1.89. The van der Waals surface area contributed by atoms with Crippen molar-refractivity contribution in [3.63, 3.8) is 0 Å². The number of hydrogen-bond donors (Lipinski definition) is 1. The standard InChI is InChI=1S/C15H16FNO3/c1-8-5-6-10(16)9(7-8)13-17-12(15(2,3)4)11(20-13)14(18)19/h5-7H,1-4H3,(H,18,19). The lowest BCUT2D eigenvalue weighted by atomic mass is 9.91. The van der Waals surface area contributed by atoms with Crippen molar-refractivity contribution in [1.29, 1.82) is 0 Å². The Morgan fingerprint density at radius 2 is 2.00 bits per heavy atom. The predicted molar refractivity (Wildman–Crippen MR) is 72.3 cm³/mol. The summed E-state index contributed by atoms with van der Waals surface area (Å²) in [6, 6.07) is 4.52. The molecular formula is C15H16FNO3. The minimum Gasteiger partial charge on any atom is -0.475 e. The molecule has 1 N–H and O–H groups in total. The second-order valence-corrected chi connectivity index (χ2v) is 5.74. The molecule has 5 heteroatoms. The van der Waals surface area contributed by atoms with Gasteiger partial charge in [-0.15, -0.1) is 0 Å². The molecule has 0 bridgehead atoms. The number of rotatable bonds is 2. The third kappa shape index (κ3) is 2.57. The summed E-state index contributed by atoms with van der Waals surface area (Å²) in [6.07, 6.45) is 0. The Kier molecular flexibility index (Phi) is 3.38. The van der Waals surface area contributed by atoms with Crippen LogP contribution in [0.1, 0.15) is 42.6 Å². The summed E-state index contributed by atoms with van der Waals surface area (Å²) in [4.78, 5) is 15.4. The molecule has 0 spiro atoms. The van der Waals surface area contributed by atoms with Crippen molar-refractivity contribution < 1.29 is 18.7 Å². The quantitative estimate of drug-likeness (QED) is 0.907. The number of halogens is 1. The molecule has 0 aliphatic carbocycles. The summed E-state index contributed by atoms with van der Waals surface area (Å²) >= 11 is 0. The number of aromatic carboxylic acids is 1. The fraction of sp³-hybridized carbons (Fsp3) is 0.333. The molecule has 1 heterocycles. The van der Waals surface area contributed by atoms with Crippen LogP contribution < -0.4 is 0 Å². The number of aromatic nitrogens is 1. The molecule has 0 unspecified atom stereocenters. The minimum atomic E-state index is -1.21. The van der Waals surface area contributed by atoms with Gasteiger partial charge < -0.3 is 9.52 Å². The highest BCUT2D eigenvalue weighted by molar-refractivity contribution is 5.86. The summed E-state index contributed by atoms with van der Waals surface area (Å²) in [5.74, 6) is -1.95. The van der Waals surface area contributed by atoms with Crippen molar-refractivity contribution >= 4 is 5.97 Å². The van der Waals surface area contributed by atoms with E-state index in [-0.39, 0.29) is 17.2 Å². The van der Waals surface area contributed by atoms with Crippen molar-refractivity contribution in [3.8, 4) is 11.5 Å². The Balaban J connectivity index is 2.65. The van der Waals surface area contributed by atoms with E-state index in [1.165, 1.54) is 6.07 Å². The van der Waals surface area contributed by atoms with E-state index >= 15 is 0 Å². The summed E-state index contributed by atoms with van der Waals surface area (Å²) < 4.78 is 19.1. The molecule has 2 aromatic rings. The van der Waals surface area contributed by atoms with E-state index < -0.39 is 17.2 Å². The van der Waals surface area contributed by atoms with Crippen molar-refractivity contribution in [1.82, 2.24) is 4.98 Å². The van der Waals surface area contributed by atoms with Gasteiger partial charge in [-0.05, 0) is 19.1 Å². The molecule has 0 saturated heterocycles. The van der Waals surface area contributed by atoms with E-state index in [2.05, 4.69) is 4.98 Å². The molecule has 0 fully saturated rings. The van der Waals surface area contributed by atoms with Gasteiger partial charge in [-0.2, -0.15) is 0 Å². The molecule has 1 aromatic heterocycles. The lowest BCUT2D eigenvalue weighted by molar-refractivity contribution is 0.0659. The normalized spacial score (nSPS) is 11.7. The van der Waals surface area contributed by atoms with Crippen LogP contribution in [-0.4, -0.2) is 16.1 Å². The summed E-state index contributed by atoms with van der Waals surface area (Å²) in [6.45, 7) is 7.30. The van der Waals surface area contributed by atoms with Crippen LogP contribution in [0.25, 0.3) is 11.5 Å². The van der Waals surface area contributed by atoms with E-state index in [0.717, 1.165) is 5.56 Å². The van der Waals surface area contributed by atoms with Crippen LogP contribution in [0, 0.1) is 12.7 Å². The molecule has 4 nitrogen and oxygen atoms in total. The minimum absolute atomic E-state index is 0.00600. The smallest absolute Gasteiger partial charge is 0.373 e. The van der Waals surface area contributed by atoms with Gasteiger partial charge in [-0.3, -0.25) is 0 Å². The van der Waals surface area contributed by atoms with Crippen molar-refractivity contribution in [2.24, 2.45) is 0 Å². The zero-order valence-corrected chi connectivity index (χ0v) is 11.8. The van der Waals surface area contributed by atoms with Gasteiger partial charge in [0.2, 0.25) is 11.7 Å². The molecule has 106 valence electrons. The topological polar surface area (TPSA) is 63.3 Å². The van der Waals surface area contributed by atoms with Crippen LogP contribution in [0.3, 0.4) is 0 Å². The maximum absolute atomic E-state index is 13.8. The second-order valence-electron chi connectivity index (χ2n) is 5.74. The number of carboxylic acid groups (broad SMARTS) is 1. The first-order valence-electron chi connectivity index (χ1n) is 6.21. The summed E-state index contributed by atoms with van der Waals surface area (Å²) in [5, 5.41) is 9.19. The third-order valence-electron chi connectivity index (χ3n) is 2.88. The number of aryl methyl sites for hydroxylation is 1. The van der Waals surface area contributed by atoms with E-state index in [9.17, 15) is 14.3 Å². The molecule has 0 amide bonds. The average molecular weight is 277 g/mol. The van der Waals surface area contributed by atoms with Crippen LogP contribution in [0.4, 0.5) is 4.39 Å². The van der Waals surface area contributed by atoms with E-state index in [1.807, 2.05) is 27.7 Å². The molecule has 0 atom stereocenters. The Labute approximate surface area is 116 Å². The highest BCUT2D eigenvalue weighted by Crippen LogP contribution is 2.31. The van der Waals surface area contributed by atoms with Gasteiger partial charge in [0.15, 0.2) is 0 Å². The third-order valence-corrected chi connectivity index (χ3v) is 2.88. The fourth-order valence-electron chi connectivity index (χ4n) is 1.89. The van der Waals surface area contributed by atoms with Crippen LogP contribution in [-0.2, 0) is 5.41 Å². The van der Waals surface area contributed by atoms with Crippen molar-refractivity contribution in [2.45, 2.75) is 33.1 Å². The zero-order valence-electron chi connectivity index (χ0n) is 11.8. The first-order valence-corrected chi connectivity index (χ1v) is 6.21. The molecule has 1 aromatic carbocycles. The highest BCUT2D eigenvalue weighted by atomic mass is 19.1. The lowest BCUT2D eigenvalue weighted by Gasteiger charge is -2.14. The summed E-state index contributed by atoms with van der Waals surface area (Å²) in [5.41, 5.74) is 0.813. The summed E-state index contributed by atoms with van der Waals surface area (Å²) in [7, 11) is 0. The van der Waals surface area contributed by atoms with Gasteiger partial charge in [0.25, 0.3) is 0 Å². The van der Waals surface area contributed by atoms with Gasteiger partial charge >= 0.3 is 5.97 Å². The molecular weight excluding hydrogens is 261 g/mol. The van der Waals surface area contributed by atoms with Crippen molar-refractivity contribution in [2.75, 3.05) is 0 Å².